The zero-order valence-corrected chi connectivity index (χ0v) is 11.3. The van der Waals surface area contributed by atoms with E-state index in [0.29, 0.717) is 11.5 Å². The van der Waals surface area contributed by atoms with Crippen LogP contribution in [0.1, 0.15) is 42.6 Å². The van der Waals surface area contributed by atoms with Crippen LogP contribution in [0.25, 0.3) is 0 Å². The van der Waals surface area contributed by atoms with Crippen molar-refractivity contribution in [2.24, 2.45) is 5.92 Å². The molecule has 0 saturated heterocycles. The highest BCUT2D eigenvalue weighted by atomic mass is 16.4. The van der Waals surface area contributed by atoms with Gasteiger partial charge >= 0.3 is 5.97 Å². The van der Waals surface area contributed by atoms with Crippen LogP contribution in [0.15, 0.2) is 24.3 Å². The molecule has 0 unspecified atom stereocenters. The van der Waals surface area contributed by atoms with E-state index in [1.165, 1.54) is 6.07 Å². The highest BCUT2D eigenvalue weighted by Gasteiger charge is 2.38. The number of nitrogens with one attached hydrogen (secondary N) is 1. The minimum atomic E-state index is -0.996. The van der Waals surface area contributed by atoms with Crippen LogP contribution in [0.4, 0.5) is 0 Å². The lowest BCUT2D eigenvalue weighted by atomic mass is 9.97. The maximum atomic E-state index is 12.0. The summed E-state index contributed by atoms with van der Waals surface area (Å²) >= 11 is 0. The minimum absolute atomic E-state index is 0.110. The normalized spacial score (nSPS) is 15.1. The zero-order valence-electron chi connectivity index (χ0n) is 11.3. The molecule has 1 aromatic carbocycles. The summed E-state index contributed by atoms with van der Waals surface area (Å²) in [5.41, 5.74) is 0.552. The summed E-state index contributed by atoms with van der Waals surface area (Å²) in [5, 5.41) is 12.1. The van der Waals surface area contributed by atoms with E-state index in [1.807, 2.05) is 13.8 Å². The third-order valence-electron chi connectivity index (χ3n) is 3.66. The fourth-order valence-electron chi connectivity index (χ4n) is 2.37. The molecule has 0 atom stereocenters. The van der Waals surface area contributed by atoms with Crippen LogP contribution in [0.5, 0.6) is 0 Å². The highest BCUT2D eigenvalue weighted by molar-refractivity contribution is 5.91. The van der Waals surface area contributed by atoms with E-state index >= 15 is 0 Å². The van der Waals surface area contributed by atoms with Crippen LogP contribution in [-0.4, -0.2) is 22.5 Å². The van der Waals surface area contributed by atoms with Gasteiger partial charge in [-0.3, -0.25) is 4.79 Å². The first-order valence-electron chi connectivity index (χ1n) is 6.52. The molecule has 1 aliphatic carbocycles. The van der Waals surface area contributed by atoms with Gasteiger partial charge < -0.3 is 10.4 Å². The summed E-state index contributed by atoms with van der Waals surface area (Å²) in [6.07, 6.45) is 2.41. The number of rotatable bonds is 5. The van der Waals surface area contributed by atoms with Gasteiger partial charge in [0.05, 0.1) is 12.0 Å². The van der Waals surface area contributed by atoms with Crippen molar-refractivity contribution in [1.29, 1.82) is 0 Å². The Balaban J connectivity index is 2.05. The van der Waals surface area contributed by atoms with Crippen LogP contribution in [-0.2, 0) is 11.2 Å². The van der Waals surface area contributed by atoms with Gasteiger partial charge in [-0.15, -0.1) is 0 Å². The Morgan fingerprint density at radius 3 is 2.53 bits per heavy atom. The molecule has 2 rings (SSSR count). The largest absolute Gasteiger partial charge is 0.478 e. The van der Waals surface area contributed by atoms with Gasteiger partial charge in [0.1, 0.15) is 0 Å². The number of hydrogen-bond donors (Lipinski definition) is 2. The Hall–Kier alpha value is -1.84. The average Bonchev–Trinajstić information content (AvgIpc) is 3.12. The molecule has 4 nitrogen and oxygen atoms in total. The van der Waals surface area contributed by atoms with Gasteiger partial charge in [0.25, 0.3) is 0 Å². The van der Waals surface area contributed by atoms with Crippen LogP contribution in [0.3, 0.4) is 0 Å². The molecule has 1 saturated carbocycles. The minimum Gasteiger partial charge on any atom is -0.478 e. The topological polar surface area (TPSA) is 66.4 Å². The third kappa shape index (κ3) is 3.34. The Labute approximate surface area is 112 Å². The summed E-state index contributed by atoms with van der Waals surface area (Å²) in [7, 11) is 0. The quantitative estimate of drug-likeness (QED) is 0.854. The van der Waals surface area contributed by atoms with E-state index in [1.54, 1.807) is 18.2 Å². The number of carboxylic acid groups (broad SMARTS) is 1. The lowest BCUT2D eigenvalue weighted by Crippen LogP contribution is -2.45. The van der Waals surface area contributed by atoms with Crippen molar-refractivity contribution < 1.29 is 14.7 Å². The first-order chi connectivity index (χ1) is 8.90. The third-order valence-corrected chi connectivity index (χ3v) is 3.66. The van der Waals surface area contributed by atoms with Crippen molar-refractivity contribution in [2.75, 3.05) is 0 Å². The van der Waals surface area contributed by atoms with Gasteiger partial charge in [-0.2, -0.15) is 0 Å². The van der Waals surface area contributed by atoms with Gasteiger partial charge in [0, 0.05) is 5.54 Å². The number of carboxylic acids is 1. The summed E-state index contributed by atoms with van der Waals surface area (Å²) in [6.45, 7) is 4.04. The Bertz CT molecular complexity index is 504. The molecule has 2 N–H and O–H groups in total. The molecular formula is C15H19NO3. The molecule has 0 aromatic heterocycles. The number of hydrogen-bond acceptors (Lipinski definition) is 2. The van der Waals surface area contributed by atoms with E-state index in [4.69, 9.17) is 5.11 Å². The predicted molar refractivity (Wildman–Crippen MR) is 72.1 cm³/mol. The molecule has 1 fully saturated rings. The maximum Gasteiger partial charge on any atom is 0.335 e. The molecule has 102 valence electrons. The molecule has 19 heavy (non-hydrogen) atoms. The molecule has 0 radical (unpaired) electrons. The SMILES string of the molecule is CC(C)(NC(=O)Cc1ccccc1C(=O)O)C1CC1. The summed E-state index contributed by atoms with van der Waals surface area (Å²) in [4.78, 5) is 23.1. The number of benzene rings is 1. The van der Waals surface area contributed by atoms with E-state index in [0.717, 1.165) is 12.8 Å². The highest BCUT2D eigenvalue weighted by Crippen LogP contribution is 2.39. The van der Waals surface area contributed by atoms with Gasteiger partial charge in [0.15, 0.2) is 0 Å². The van der Waals surface area contributed by atoms with Crippen LogP contribution < -0.4 is 5.32 Å². The zero-order chi connectivity index (χ0) is 14.0. The lowest BCUT2D eigenvalue weighted by Gasteiger charge is -2.26. The van der Waals surface area contributed by atoms with Gasteiger partial charge in [-0.1, -0.05) is 18.2 Å². The van der Waals surface area contributed by atoms with Gasteiger partial charge in [-0.25, -0.2) is 4.79 Å². The van der Waals surface area contributed by atoms with E-state index < -0.39 is 5.97 Å². The maximum absolute atomic E-state index is 12.0. The van der Waals surface area contributed by atoms with Gasteiger partial charge in [-0.05, 0) is 44.2 Å². The number of aromatic carboxylic acids is 1. The van der Waals surface area contributed by atoms with Crippen molar-refractivity contribution in [3.05, 3.63) is 35.4 Å². The van der Waals surface area contributed by atoms with Gasteiger partial charge in [0.2, 0.25) is 5.91 Å². The monoisotopic (exact) mass is 261 g/mol. The molecule has 4 heteroatoms. The van der Waals surface area contributed by atoms with Crippen molar-refractivity contribution >= 4 is 11.9 Å². The molecular weight excluding hydrogens is 242 g/mol. The van der Waals surface area contributed by atoms with E-state index in [9.17, 15) is 9.59 Å². The number of carbonyl (C=O) groups is 2. The molecule has 0 spiro atoms. The first kappa shape index (κ1) is 13.6. The molecule has 0 aliphatic heterocycles. The second-order valence-electron chi connectivity index (χ2n) is 5.68. The number of amides is 1. The van der Waals surface area contributed by atoms with Crippen LogP contribution >= 0.6 is 0 Å². The first-order valence-corrected chi connectivity index (χ1v) is 6.52. The second-order valence-corrected chi connectivity index (χ2v) is 5.68. The summed E-state index contributed by atoms with van der Waals surface area (Å²) < 4.78 is 0. The summed E-state index contributed by atoms with van der Waals surface area (Å²) in [5.74, 6) is -0.568. The molecule has 0 heterocycles. The van der Waals surface area contributed by atoms with Crippen molar-refractivity contribution in [2.45, 2.75) is 38.6 Å². The van der Waals surface area contributed by atoms with Crippen molar-refractivity contribution in [3.8, 4) is 0 Å². The Kier molecular flexibility index (Phi) is 3.60. The molecule has 1 aliphatic rings. The molecule has 1 aromatic rings. The lowest BCUT2D eigenvalue weighted by molar-refractivity contribution is -0.122. The fraction of sp³-hybridized carbons (Fsp3) is 0.467. The van der Waals surface area contributed by atoms with E-state index in [-0.39, 0.29) is 23.4 Å². The second kappa shape index (κ2) is 5.03. The Morgan fingerprint density at radius 1 is 1.32 bits per heavy atom. The smallest absolute Gasteiger partial charge is 0.335 e. The standard InChI is InChI=1S/C15H19NO3/c1-15(2,11-7-8-11)16-13(17)9-10-5-3-4-6-12(10)14(18)19/h3-6,11H,7-9H2,1-2H3,(H,16,17)(H,18,19). The molecule has 0 bridgehead atoms. The van der Waals surface area contributed by atoms with Crippen LogP contribution in [0.2, 0.25) is 0 Å². The predicted octanol–water partition coefficient (Wildman–Crippen LogP) is 2.23. The Morgan fingerprint density at radius 2 is 1.95 bits per heavy atom. The van der Waals surface area contributed by atoms with E-state index in [2.05, 4.69) is 5.32 Å². The van der Waals surface area contributed by atoms with Crippen molar-refractivity contribution in [1.82, 2.24) is 5.32 Å². The molecule has 1 amide bonds. The van der Waals surface area contributed by atoms with Crippen LogP contribution in [0, 0.1) is 5.92 Å². The average molecular weight is 261 g/mol. The fourth-order valence-corrected chi connectivity index (χ4v) is 2.37. The number of carbonyl (C=O) groups excluding carboxylic acids is 1. The summed E-state index contributed by atoms with van der Waals surface area (Å²) in [6, 6.07) is 6.63. The van der Waals surface area contributed by atoms with Crippen molar-refractivity contribution in [3.63, 3.8) is 0 Å².